The van der Waals surface area contributed by atoms with Crippen LogP contribution in [0.5, 0.6) is 0 Å². The molecule has 214 valence electrons. The van der Waals surface area contributed by atoms with Crippen LogP contribution in [0.15, 0.2) is 72.8 Å². The van der Waals surface area contributed by atoms with Crippen molar-refractivity contribution in [2.45, 2.75) is 49.0 Å². The number of rotatable bonds is 9. The van der Waals surface area contributed by atoms with Crippen molar-refractivity contribution in [3.8, 4) is 0 Å². The number of alkyl halides is 3. The fourth-order valence-corrected chi connectivity index (χ4v) is 5.51. The first kappa shape index (κ1) is 29.9. The number of benzene rings is 2. The van der Waals surface area contributed by atoms with Crippen LogP contribution in [0.3, 0.4) is 0 Å². The number of hydrogen-bond donors (Lipinski definition) is 1. The highest BCUT2D eigenvalue weighted by molar-refractivity contribution is 8.00. The van der Waals surface area contributed by atoms with E-state index in [-0.39, 0.29) is 30.6 Å². The number of nitrogens with zero attached hydrogens (tertiary/aromatic N) is 3. The van der Waals surface area contributed by atoms with E-state index in [1.807, 2.05) is 6.92 Å². The van der Waals surface area contributed by atoms with Gasteiger partial charge in [-0.25, -0.2) is 18.4 Å². The van der Waals surface area contributed by atoms with Crippen LogP contribution in [0.25, 0.3) is 6.08 Å². The zero-order chi connectivity index (χ0) is 28.9. The molecule has 12 heteroatoms. The molecule has 1 aliphatic rings. The lowest BCUT2D eigenvalue weighted by Gasteiger charge is -2.37. The quantitative estimate of drug-likeness (QED) is 0.248. The van der Waals surface area contributed by atoms with Crippen molar-refractivity contribution in [1.29, 1.82) is 0 Å². The summed E-state index contributed by atoms with van der Waals surface area (Å²) >= 11 is 1.35. The van der Waals surface area contributed by atoms with Crippen molar-refractivity contribution in [1.82, 2.24) is 14.8 Å². The van der Waals surface area contributed by atoms with Crippen molar-refractivity contribution in [2.75, 3.05) is 13.2 Å². The largest absolute Gasteiger partial charge is 0.416 e. The molecule has 2 heterocycles. The average Bonchev–Trinajstić information content (AvgIpc) is 3.41. The Morgan fingerprint density at radius 3 is 2.45 bits per heavy atom. The Morgan fingerprint density at radius 1 is 1.15 bits per heavy atom. The summed E-state index contributed by atoms with van der Waals surface area (Å²) in [5.74, 6) is -1.61. The molecule has 40 heavy (non-hydrogen) atoms. The maximum Gasteiger partial charge on any atom is 0.416 e. The van der Waals surface area contributed by atoms with E-state index in [1.54, 1.807) is 25.2 Å². The van der Waals surface area contributed by atoms with Gasteiger partial charge in [-0.15, -0.1) is 11.8 Å². The lowest BCUT2D eigenvalue weighted by molar-refractivity contribution is -0.146. The molecule has 1 aliphatic heterocycles. The van der Waals surface area contributed by atoms with Gasteiger partial charge in [0.2, 0.25) is 0 Å². The van der Waals surface area contributed by atoms with Crippen LogP contribution in [0.1, 0.15) is 30.5 Å². The Morgan fingerprint density at radius 2 is 1.85 bits per heavy atom. The van der Waals surface area contributed by atoms with Gasteiger partial charge in [0.25, 0.3) is 0 Å². The zero-order valence-corrected chi connectivity index (χ0v) is 22.5. The lowest BCUT2D eigenvalue weighted by atomic mass is 9.90. The summed E-state index contributed by atoms with van der Waals surface area (Å²) in [5, 5.41) is 14.9. The molecule has 0 bridgehead atoms. The van der Waals surface area contributed by atoms with E-state index < -0.39 is 40.5 Å². The van der Waals surface area contributed by atoms with Crippen LogP contribution in [-0.2, 0) is 27.8 Å². The maximum absolute atomic E-state index is 14.8. The topological polar surface area (TPSA) is 69.4 Å². The summed E-state index contributed by atoms with van der Waals surface area (Å²) < 4.78 is 79.5. The maximum atomic E-state index is 14.8. The van der Waals surface area contributed by atoms with Crippen LogP contribution in [0.4, 0.5) is 22.0 Å². The molecule has 0 spiro atoms. The second kappa shape index (κ2) is 12.6. The van der Waals surface area contributed by atoms with E-state index in [2.05, 4.69) is 10.1 Å². The smallest absolute Gasteiger partial charge is 0.382 e. The summed E-state index contributed by atoms with van der Waals surface area (Å²) in [6, 6.07) is 7.91. The van der Waals surface area contributed by atoms with Gasteiger partial charge in [-0.3, -0.25) is 0 Å². The third-order valence-corrected chi connectivity index (χ3v) is 7.86. The van der Waals surface area contributed by atoms with E-state index in [0.29, 0.717) is 5.56 Å². The second-order valence-corrected chi connectivity index (χ2v) is 11.1. The number of halogens is 5. The van der Waals surface area contributed by atoms with Gasteiger partial charge >= 0.3 is 6.18 Å². The van der Waals surface area contributed by atoms with Crippen LogP contribution in [0.2, 0.25) is 0 Å². The Kier molecular flexibility index (Phi) is 9.44. The van der Waals surface area contributed by atoms with Crippen LogP contribution >= 0.6 is 11.8 Å². The van der Waals surface area contributed by atoms with Gasteiger partial charge in [-0.05, 0) is 36.8 Å². The predicted octanol–water partition coefficient (Wildman–Crippen LogP) is 5.99. The van der Waals surface area contributed by atoms with Crippen molar-refractivity contribution >= 4 is 17.8 Å². The molecule has 0 unspecified atom stereocenters. The van der Waals surface area contributed by atoms with Crippen molar-refractivity contribution in [3.05, 3.63) is 101 Å². The highest BCUT2D eigenvalue weighted by Gasteiger charge is 2.41. The van der Waals surface area contributed by atoms with E-state index in [9.17, 15) is 27.1 Å². The summed E-state index contributed by atoms with van der Waals surface area (Å²) in [6.07, 6.45) is 2.89. The Balaban J connectivity index is 1.36. The fourth-order valence-electron chi connectivity index (χ4n) is 4.19. The first-order valence-electron chi connectivity index (χ1n) is 12.4. The van der Waals surface area contributed by atoms with E-state index in [0.717, 1.165) is 29.8 Å². The molecule has 1 saturated heterocycles. The minimum absolute atomic E-state index is 0.0571. The van der Waals surface area contributed by atoms with E-state index in [4.69, 9.17) is 9.47 Å². The third-order valence-electron chi connectivity index (χ3n) is 6.40. The van der Waals surface area contributed by atoms with Crippen molar-refractivity contribution in [3.63, 3.8) is 0 Å². The summed E-state index contributed by atoms with van der Waals surface area (Å²) in [5.41, 5.74) is -1.10. The number of ether oxygens (including phenoxy) is 2. The molecule has 2 aromatic carbocycles. The van der Waals surface area contributed by atoms with Gasteiger partial charge in [0.15, 0.2) is 6.29 Å². The minimum Gasteiger partial charge on any atom is -0.382 e. The average molecular weight is 582 g/mol. The van der Waals surface area contributed by atoms with Gasteiger partial charge < -0.3 is 14.6 Å². The number of aromatic nitrogens is 3. The molecule has 1 fully saturated rings. The highest BCUT2D eigenvalue weighted by atomic mass is 32.2. The molecule has 4 rings (SSSR count). The fraction of sp³-hybridized carbons (Fsp3) is 0.357. The van der Waals surface area contributed by atoms with Gasteiger partial charge in [0.1, 0.15) is 29.9 Å². The number of allylic oxidation sites excluding steroid dienone is 2. The second-order valence-electron chi connectivity index (χ2n) is 9.44. The number of thioether (sulfide) groups is 1. The first-order valence-corrected chi connectivity index (χ1v) is 13.3. The molecule has 3 aromatic rings. The normalized spacial score (nSPS) is 20.9. The molecule has 0 aliphatic carbocycles. The summed E-state index contributed by atoms with van der Waals surface area (Å²) in [7, 11) is 0. The minimum atomic E-state index is -4.38. The van der Waals surface area contributed by atoms with Gasteiger partial charge in [0.05, 0.1) is 30.6 Å². The Hall–Kier alpha value is -3.06. The van der Waals surface area contributed by atoms with Crippen LogP contribution in [0, 0.1) is 11.6 Å². The number of aliphatic hydroxyl groups is 1. The summed E-state index contributed by atoms with van der Waals surface area (Å²) in [6.45, 7) is 4.03. The van der Waals surface area contributed by atoms with Gasteiger partial charge in [-0.2, -0.15) is 18.3 Å². The molecular weight excluding hydrogens is 553 g/mol. The molecule has 6 nitrogen and oxygen atoms in total. The van der Waals surface area contributed by atoms with Crippen molar-refractivity contribution in [2.24, 2.45) is 0 Å². The van der Waals surface area contributed by atoms with Crippen molar-refractivity contribution < 1.29 is 36.5 Å². The molecule has 0 amide bonds. The predicted molar refractivity (Wildman–Crippen MR) is 141 cm³/mol. The monoisotopic (exact) mass is 581 g/mol. The van der Waals surface area contributed by atoms with Crippen LogP contribution < -0.4 is 0 Å². The molecule has 0 radical (unpaired) electrons. The summed E-state index contributed by atoms with van der Waals surface area (Å²) in [4.78, 5) is 3.87. The lowest BCUT2D eigenvalue weighted by Crippen LogP contribution is -2.43. The molecular formula is C28H28F5N3O3S. The standard InChI is InChI=1S/C28H28F5N3O3S/c1-18(3-4-20-5-7-21(8-6-20)28(31,32)33)11-26-38-13-23(14-39-26)40-19(2)27(37,15-36-17-34-16-35-36)24-10-9-22(29)12-25(24)30/h3-12,16-17,19,23,26,37H,13-15H2,1-2H3/b4-3+,18-11+/t19-,23-,26-,27-/m1/s1. The number of hydrogen-bond acceptors (Lipinski definition) is 6. The molecule has 2 atom stereocenters. The molecule has 1 N–H and O–H groups in total. The highest BCUT2D eigenvalue weighted by Crippen LogP contribution is 2.38. The SMILES string of the molecule is CC(/C=C/c1ccc(C(F)(F)F)cc1)=C\[C@H]1OC[C@H](S[C@H](C)[C@](O)(Cn2cncn2)c2ccc(F)cc2F)CO1. The molecule has 0 saturated carbocycles. The first-order chi connectivity index (χ1) is 18.9. The van der Waals surface area contributed by atoms with E-state index >= 15 is 0 Å². The zero-order valence-electron chi connectivity index (χ0n) is 21.7. The third kappa shape index (κ3) is 7.57. The molecule has 1 aromatic heterocycles. The van der Waals surface area contributed by atoms with Gasteiger partial charge in [0, 0.05) is 16.9 Å². The van der Waals surface area contributed by atoms with Gasteiger partial charge in [-0.1, -0.05) is 42.8 Å². The Labute approximate surface area is 232 Å². The Bertz CT molecular complexity index is 1320. The van der Waals surface area contributed by atoms with E-state index in [1.165, 1.54) is 47.3 Å². The van der Waals surface area contributed by atoms with Crippen LogP contribution in [-0.4, -0.2) is 49.9 Å².